The standard InChI is InChI=1S/C23H27ClN6O5/c1-4-35-19-10-9-17(11-18(19)24)26-21-28(13-16-7-5-14(2)6-8-16)22(32)29(23(33)30(21)25)12-15(3)20(31)27-34/h5-11,15,21,26H,4,12-13,25H2,1-3H3/t15-,21?/m0/s1. The first-order valence-electron chi connectivity index (χ1n) is 10.9. The van der Waals surface area contributed by atoms with Gasteiger partial charge in [0.05, 0.1) is 24.1 Å². The van der Waals surface area contributed by atoms with Gasteiger partial charge in [0.1, 0.15) is 5.75 Å². The van der Waals surface area contributed by atoms with Crippen molar-refractivity contribution < 1.29 is 19.1 Å². The minimum atomic E-state index is -1.07. The van der Waals surface area contributed by atoms with Crippen LogP contribution >= 0.6 is 11.6 Å². The van der Waals surface area contributed by atoms with Crippen molar-refractivity contribution >= 4 is 35.3 Å². The maximum atomic E-state index is 13.4. The van der Waals surface area contributed by atoms with Gasteiger partial charge in [0, 0.05) is 17.4 Å². The summed E-state index contributed by atoms with van der Waals surface area (Å²) in [6, 6.07) is 10.9. The third-order valence-electron chi connectivity index (χ3n) is 5.46. The van der Waals surface area contributed by atoms with Crippen molar-refractivity contribution in [1.29, 1.82) is 0 Å². The highest BCUT2D eigenvalue weighted by atomic mass is 35.5. The van der Waals surface area contributed by atoms with E-state index >= 15 is 0 Å². The molecule has 12 heteroatoms. The predicted molar refractivity (Wildman–Crippen MR) is 130 cm³/mol. The molecule has 0 saturated carbocycles. The lowest BCUT2D eigenvalue weighted by molar-refractivity contribution is -0.121. The van der Waals surface area contributed by atoms with Crippen molar-refractivity contribution in [2.45, 2.75) is 33.6 Å². The van der Waals surface area contributed by atoms with E-state index in [4.69, 9.17) is 22.2 Å². The molecule has 0 spiro atoms. The number of imide groups is 1. The fourth-order valence-corrected chi connectivity index (χ4v) is 3.77. The van der Waals surface area contributed by atoms with Crippen LogP contribution in [0.5, 0.6) is 5.75 Å². The number of anilines is 1. The first-order chi connectivity index (χ1) is 16.7. The van der Waals surface area contributed by atoms with Crippen LogP contribution < -0.4 is 15.9 Å². The van der Waals surface area contributed by atoms with Crippen LogP contribution in [0.15, 0.2) is 47.6 Å². The zero-order valence-electron chi connectivity index (χ0n) is 19.6. The monoisotopic (exact) mass is 502 g/mol. The summed E-state index contributed by atoms with van der Waals surface area (Å²) in [7, 11) is 0. The molecule has 0 aliphatic carbocycles. The van der Waals surface area contributed by atoms with Crippen LogP contribution in [0.3, 0.4) is 0 Å². The van der Waals surface area contributed by atoms with E-state index in [-0.39, 0.29) is 13.1 Å². The Hall–Kier alpha value is -3.70. The van der Waals surface area contributed by atoms with E-state index in [9.17, 15) is 19.3 Å². The SMILES string of the molecule is CCOc1ccc(NC2N(N)C(=O)N(C[C@H](C)C(=O)N=O)C(=O)N2Cc2ccc(C)cc2)cc1Cl. The first-order valence-corrected chi connectivity index (χ1v) is 11.3. The van der Waals surface area contributed by atoms with Crippen molar-refractivity contribution in [3.63, 3.8) is 0 Å². The van der Waals surface area contributed by atoms with Crippen LogP contribution in [-0.4, -0.2) is 52.2 Å². The predicted octanol–water partition coefficient (Wildman–Crippen LogP) is 3.91. The molecule has 2 aromatic rings. The number of carbonyl (C=O) groups excluding carboxylic acids is 3. The number of aryl methyl sites for hydroxylation is 1. The zero-order chi connectivity index (χ0) is 25.7. The number of urea groups is 2. The normalized spacial score (nSPS) is 16.8. The molecule has 1 unspecified atom stereocenters. The lowest BCUT2D eigenvalue weighted by Gasteiger charge is -2.45. The number of nitrogens with two attached hydrogens (primary N) is 1. The number of nitrogens with zero attached hydrogens (tertiary/aromatic N) is 4. The Bertz CT molecular complexity index is 1110. The van der Waals surface area contributed by atoms with Crippen LogP contribution in [0.4, 0.5) is 15.3 Å². The van der Waals surface area contributed by atoms with Gasteiger partial charge in [-0.05, 0) is 37.6 Å². The molecule has 1 saturated heterocycles. The molecule has 1 aliphatic heterocycles. The van der Waals surface area contributed by atoms with Gasteiger partial charge >= 0.3 is 12.1 Å². The Morgan fingerprint density at radius 3 is 2.49 bits per heavy atom. The van der Waals surface area contributed by atoms with E-state index < -0.39 is 30.2 Å². The topological polar surface area (TPSA) is 138 Å². The number of hydrazine groups is 1. The molecule has 3 N–H and O–H groups in total. The van der Waals surface area contributed by atoms with Crippen LogP contribution in [0, 0.1) is 17.7 Å². The second-order valence-corrected chi connectivity index (χ2v) is 8.53. The molecule has 1 fully saturated rings. The highest BCUT2D eigenvalue weighted by Crippen LogP contribution is 2.29. The Morgan fingerprint density at radius 1 is 1.20 bits per heavy atom. The Balaban J connectivity index is 1.93. The first kappa shape index (κ1) is 25.9. The molecule has 11 nitrogen and oxygen atoms in total. The average Bonchev–Trinajstić information content (AvgIpc) is 2.84. The largest absolute Gasteiger partial charge is 0.492 e. The molecule has 1 heterocycles. The van der Waals surface area contributed by atoms with E-state index in [2.05, 4.69) is 10.5 Å². The summed E-state index contributed by atoms with van der Waals surface area (Å²) in [5.74, 6) is 4.69. The van der Waals surface area contributed by atoms with Crippen LogP contribution in [0.2, 0.25) is 5.02 Å². The maximum Gasteiger partial charge on any atom is 0.345 e. The number of benzene rings is 2. The summed E-state index contributed by atoms with van der Waals surface area (Å²) < 4.78 is 5.45. The summed E-state index contributed by atoms with van der Waals surface area (Å²) in [5.41, 5.74) is 2.33. The molecular formula is C23H27ClN6O5. The molecule has 0 aromatic heterocycles. The number of rotatable bonds is 9. The summed E-state index contributed by atoms with van der Waals surface area (Å²) >= 11 is 6.29. The van der Waals surface area contributed by atoms with Crippen LogP contribution in [-0.2, 0) is 11.3 Å². The molecule has 3 rings (SSSR count). The van der Waals surface area contributed by atoms with E-state index in [0.29, 0.717) is 23.1 Å². The van der Waals surface area contributed by atoms with E-state index in [1.165, 1.54) is 11.8 Å². The van der Waals surface area contributed by atoms with E-state index in [0.717, 1.165) is 21.0 Å². The molecule has 186 valence electrons. The van der Waals surface area contributed by atoms with Gasteiger partial charge in [-0.15, -0.1) is 4.91 Å². The molecule has 35 heavy (non-hydrogen) atoms. The number of nitroso groups, excluding NO2 is 1. The lowest BCUT2D eigenvalue weighted by atomic mass is 10.1. The van der Waals surface area contributed by atoms with E-state index in [1.54, 1.807) is 18.2 Å². The number of nitrogens with one attached hydrogen (secondary N) is 1. The van der Waals surface area contributed by atoms with Gasteiger partial charge in [-0.3, -0.25) is 9.69 Å². The number of halogens is 1. The number of hydrogen-bond acceptors (Lipinski definition) is 7. The third kappa shape index (κ3) is 5.87. The molecule has 2 atom stereocenters. The molecule has 1 aliphatic rings. The van der Waals surface area contributed by atoms with Gasteiger partial charge in [-0.1, -0.05) is 48.4 Å². The summed E-state index contributed by atoms with van der Waals surface area (Å²) in [6.45, 7) is 5.38. The Labute approximate surface area is 207 Å². The zero-order valence-corrected chi connectivity index (χ0v) is 20.4. The highest BCUT2D eigenvalue weighted by Gasteiger charge is 2.44. The second-order valence-electron chi connectivity index (χ2n) is 8.12. The van der Waals surface area contributed by atoms with Crippen molar-refractivity contribution in [2.24, 2.45) is 16.9 Å². The van der Waals surface area contributed by atoms with E-state index in [1.807, 2.05) is 38.1 Å². The summed E-state index contributed by atoms with van der Waals surface area (Å²) in [4.78, 5) is 50.9. The fourth-order valence-electron chi connectivity index (χ4n) is 3.54. The van der Waals surface area contributed by atoms with Crippen molar-refractivity contribution in [3.05, 3.63) is 63.5 Å². The van der Waals surface area contributed by atoms with Gasteiger partial charge in [0.25, 0.3) is 5.91 Å². The quantitative estimate of drug-likeness (QED) is 0.301. The van der Waals surface area contributed by atoms with Gasteiger partial charge in [0.15, 0.2) is 0 Å². The maximum absolute atomic E-state index is 13.4. The van der Waals surface area contributed by atoms with Gasteiger partial charge in [0.2, 0.25) is 6.29 Å². The van der Waals surface area contributed by atoms with Crippen molar-refractivity contribution in [3.8, 4) is 5.75 Å². The fraction of sp³-hybridized carbons (Fsp3) is 0.348. The van der Waals surface area contributed by atoms with Gasteiger partial charge in [-0.25, -0.2) is 25.3 Å². The van der Waals surface area contributed by atoms with Gasteiger partial charge < -0.3 is 10.1 Å². The van der Waals surface area contributed by atoms with Crippen LogP contribution in [0.1, 0.15) is 25.0 Å². The number of carbonyl (C=O) groups is 3. The Morgan fingerprint density at radius 2 is 1.89 bits per heavy atom. The minimum absolute atomic E-state index is 0.104. The van der Waals surface area contributed by atoms with Crippen molar-refractivity contribution in [1.82, 2.24) is 14.8 Å². The molecule has 0 bridgehead atoms. The van der Waals surface area contributed by atoms with Crippen molar-refractivity contribution in [2.75, 3.05) is 18.5 Å². The average molecular weight is 503 g/mol. The third-order valence-corrected chi connectivity index (χ3v) is 5.75. The van der Waals surface area contributed by atoms with Gasteiger partial charge in [-0.2, -0.15) is 0 Å². The highest BCUT2D eigenvalue weighted by molar-refractivity contribution is 6.32. The summed E-state index contributed by atoms with van der Waals surface area (Å²) in [6.07, 6.45) is -1.07. The molecular weight excluding hydrogens is 476 g/mol. The number of hydrogen-bond donors (Lipinski definition) is 2. The summed E-state index contributed by atoms with van der Waals surface area (Å²) in [5, 5.41) is 6.65. The minimum Gasteiger partial charge on any atom is -0.492 e. The molecule has 5 amide bonds. The number of ether oxygens (including phenoxy) is 1. The lowest BCUT2D eigenvalue weighted by Crippen LogP contribution is -2.70. The second kappa shape index (κ2) is 11.2. The number of amides is 5. The molecule has 2 aromatic carbocycles. The van der Waals surface area contributed by atoms with Crippen LogP contribution in [0.25, 0.3) is 0 Å². The molecule has 0 radical (unpaired) electrons. The Kier molecular flexibility index (Phi) is 8.26. The smallest absolute Gasteiger partial charge is 0.345 e.